The van der Waals surface area contributed by atoms with E-state index in [1.165, 1.54) is 0 Å². The van der Waals surface area contributed by atoms with Crippen LogP contribution in [0.15, 0.2) is 17.4 Å². The van der Waals surface area contributed by atoms with E-state index in [1.807, 2.05) is 35.9 Å². The molecule has 0 bridgehead atoms. The summed E-state index contributed by atoms with van der Waals surface area (Å²) in [5.41, 5.74) is 1.16. The minimum atomic E-state index is 0.522. The second kappa shape index (κ2) is 4.91. The minimum Gasteiger partial charge on any atom is -0.362 e. The Hall–Kier alpha value is -0.970. The highest BCUT2D eigenvalue weighted by atomic mass is 32.2. The lowest BCUT2D eigenvalue weighted by Crippen LogP contribution is -2.41. The molecule has 0 saturated carbocycles. The lowest BCUT2D eigenvalue weighted by Gasteiger charge is -2.28. The molecule has 0 amide bonds. The van der Waals surface area contributed by atoms with E-state index in [0.29, 0.717) is 18.5 Å². The molecular formula is C11H18N4S. The average molecular weight is 238 g/mol. The summed E-state index contributed by atoms with van der Waals surface area (Å²) in [4.78, 5) is 4.57. The fourth-order valence-electron chi connectivity index (χ4n) is 1.54. The first kappa shape index (κ1) is 11.5. The number of aromatic nitrogens is 2. The lowest BCUT2D eigenvalue weighted by molar-refractivity contribution is 0.490. The summed E-state index contributed by atoms with van der Waals surface area (Å²) in [6, 6.07) is 0.522. The monoisotopic (exact) mass is 238 g/mol. The van der Waals surface area contributed by atoms with E-state index in [4.69, 9.17) is 0 Å². The van der Waals surface area contributed by atoms with Crippen LogP contribution in [0.25, 0.3) is 0 Å². The average Bonchev–Trinajstić information content (AvgIpc) is 2.66. The summed E-state index contributed by atoms with van der Waals surface area (Å²) in [5.74, 6) is 1.86. The van der Waals surface area contributed by atoms with Gasteiger partial charge >= 0.3 is 0 Å². The lowest BCUT2D eigenvalue weighted by atomic mass is 10.1. The van der Waals surface area contributed by atoms with Gasteiger partial charge in [0.2, 0.25) is 0 Å². The van der Waals surface area contributed by atoms with Gasteiger partial charge in [0, 0.05) is 30.6 Å². The zero-order chi connectivity index (χ0) is 11.5. The maximum absolute atomic E-state index is 4.57. The van der Waals surface area contributed by atoms with E-state index in [1.54, 1.807) is 0 Å². The Kier molecular flexibility index (Phi) is 3.53. The summed E-state index contributed by atoms with van der Waals surface area (Å²) < 4.78 is 1.81. The molecule has 0 aliphatic carbocycles. The molecule has 16 heavy (non-hydrogen) atoms. The molecule has 1 fully saturated rings. The number of hydrogen-bond acceptors (Lipinski definition) is 3. The molecule has 1 aliphatic heterocycles. The van der Waals surface area contributed by atoms with Gasteiger partial charge in [0.1, 0.15) is 0 Å². The molecule has 1 saturated heterocycles. The van der Waals surface area contributed by atoms with Crippen molar-refractivity contribution in [1.82, 2.24) is 15.1 Å². The molecule has 0 radical (unpaired) electrons. The fraction of sp³-hybridized carbons (Fsp3) is 0.636. The zero-order valence-corrected chi connectivity index (χ0v) is 10.8. The Labute approximate surface area is 101 Å². The molecule has 1 aromatic rings. The van der Waals surface area contributed by atoms with Gasteiger partial charge < -0.3 is 5.32 Å². The van der Waals surface area contributed by atoms with E-state index in [9.17, 15) is 0 Å². The highest BCUT2D eigenvalue weighted by Crippen LogP contribution is 2.19. The van der Waals surface area contributed by atoms with Crippen molar-refractivity contribution in [2.45, 2.75) is 26.4 Å². The summed E-state index contributed by atoms with van der Waals surface area (Å²) >= 11 is 1.81. The van der Waals surface area contributed by atoms with Crippen LogP contribution in [0.4, 0.5) is 0 Å². The van der Waals surface area contributed by atoms with Gasteiger partial charge in [0.05, 0.1) is 12.7 Å². The van der Waals surface area contributed by atoms with Gasteiger partial charge in [-0.15, -0.1) is 0 Å². The van der Waals surface area contributed by atoms with Crippen molar-refractivity contribution in [3.8, 4) is 0 Å². The summed E-state index contributed by atoms with van der Waals surface area (Å²) in [6.45, 7) is 5.19. The van der Waals surface area contributed by atoms with Crippen LogP contribution in [0.3, 0.4) is 0 Å². The van der Waals surface area contributed by atoms with Crippen LogP contribution in [0.1, 0.15) is 19.4 Å². The van der Waals surface area contributed by atoms with Crippen molar-refractivity contribution in [3.63, 3.8) is 0 Å². The standard InChI is InChI=1S/C11H18N4S/c1-8-7-16-11(14-9(8)2)12-4-10-5-13-15(3)6-10/h5-6,8-9H,4,7H2,1-3H3,(H,12,14). The SMILES string of the molecule is CC1CSC(=NCc2cnn(C)c2)NC1C. The van der Waals surface area contributed by atoms with Crippen LogP contribution in [-0.2, 0) is 13.6 Å². The van der Waals surface area contributed by atoms with E-state index in [0.717, 1.165) is 16.5 Å². The number of nitrogens with one attached hydrogen (secondary N) is 1. The molecule has 2 unspecified atom stereocenters. The predicted octanol–water partition coefficient (Wildman–Crippen LogP) is 1.64. The van der Waals surface area contributed by atoms with Gasteiger partial charge in [0.25, 0.3) is 0 Å². The first-order valence-electron chi connectivity index (χ1n) is 5.56. The number of thioether (sulfide) groups is 1. The largest absolute Gasteiger partial charge is 0.362 e. The predicted molar refractivity (Wildman–Crippen MR) is 68.6 cm³/mol. The molecule has 2 atom stereocenters. The van der Waals surface area contributed by atoms with E-state index in [-0.39, 0.29) is 0 Å². The molecular weight excluding hydrogens is 220 g/mol. The number of aliphatic imine (C=N–C) groups is 1. The van der Waals surface area contributed by atoms with Gasteiger partial charge in [-0.1, -0.05) is 18.7 Å². The number of nitrogens with zero attached hydrogens (tertiary/aromatic N) is 3. The third-order valence-corrected chi connectivity index (χ3v) is 4.06. The van der Waals surface area contributed by atoms with Crippen LogP contribution >= 0.6 is 11.8 Å². The third kappa shape index (κ3) is 2.78. The molecule has 5 heteroatoms. The van der Waals surface area contributed by atoms with Gasteiger partial charge in [-0.3, -0.25) is 9.67 Å². The second-order valence-corrected chi connectivity index (χ2v) is 5.37. The van der Waals surface area contributed by atoms with Crippen molar-refractivity contribution in [2.24, 2.45) is 18.0 Å². The summed E-state index contributed by atoms with van der Waals surface area (Å²) in [6.07, 6.45) is 3.87. The van der Waals surface area contributed by atoms with Crippen molar-refractivity contribution in [2.75, 3.05) is 5.75 Å². The topological polar surface area (TPSA) is 42.2 Å². The molecule has 1 aliphatic rings. The highest BCUT2D eigenvalue weighted by molar-refractivity contribution is 8.13. The molecule has 88 valence electrons. The number of aryl methyl sites for hydroxylation is 1. The molecule has 1 N–H and O–H groups in total. The Bertz CT molecular complexity index is 385. The Morgan fingerprint density at radius 2 is 2.44 bits per heavy atom. The van der Waals surface area contributed by atoms with Crippen LogP contribution in [0, 0.1) is 5.92 Å². The fourth-order valence-corrected chi connectivity index (χ4v) is 2.68. The first-order chi connectivity index (χ1) is 7.65. The van der Waals surface area contributed by atoms with Crippen molar-refractivity contribution in [1.29, 1.82) is 0 Å². The maximum Gasteiger partial charge on any atom is 0.157 e. The van der Waals surface area contributed by atoms with Crippen LogP contribution in [0.5, 0.6) is 0 Å². The molecule has 0 spiro atoms. The zero-order valence-electron chi connectivity index (χ0n) is 9.97. The Morgan fingerprint density at radius 1 is 1.62 bits per heavy atom. The van der Waals surface area contributed by atoms with Crippen LogP contribution < -0.4 is 5.32 Å². The summed E-state index contributed by atoms with van der Waals surface area (Å²) in [5, 5.41) is 8.62. The number of rotatable bonds is 2. The second-order valence-electron chi connectivity index (χ2n) is 4.36. The number of amidine groups is 1. The summed E-state index contributed by atoms with van der Waals surface area (Å²) in [7, 11) is 1.92. The van der Waals surface area contributed by atoms with Gasteiger partial charge in [-0.05, 0) is 12.8 Å². The van der Waals surface area contributed by atoms with Crippen LogP contribution in [0.2, 0.25) is 0 Å². The minimum absolute atomic E-state index is 0.522. The molecule has 0 aromatic carbocycles. The number of hydrogen-bond donors (Lipinski definition) is 1. The first-order valence-corrected chi connectivity index (χ1v) is 6.55. The van der Waals surface area contributed by atoms with Crippen LogP contribution in [-0.4, -0.2) is 26.7 Å². The normalized spacial score (nSPS) is 28.1. The van der Waals surface area contributed by atoms with E-state index < -0.39 is 0 Å². The van der Waals surface area contributed by atoms with Crippen molar-refractivity contribution in [3.05, 3.63) is 18.0 Å². The Balaban J connectivity index is 1.93. The highest BCUT2D eigenvalue weighted by Gasteiger charge is 2.20. The smallest absolute Gasteiger partial charge is 0.157 e. The van der Waals surface area contributed by atoms with Gasteiger partial charge in [-0.2, -0.15) is 5.10 Å². The van der Waals surface area contributed by atoms with Crippen molar-refractivity contribution >= 4 is 16.9 Å². The third-order valence-electron chi connectivity index (χ3n) is 2.85. The van der Waals surface area contributed by atoms with E-state index >= 15 is 0 Å². The molecule has 2 rings (SSSR count). The quantitative estimate of drug-likeness (QED) is 0.851. The maximum atomic E-state index is 4.57. The Morgan fingerprint density at radius 3 is 3.06 bits per heavy atom. The van der Waals surface area contributed by atoms with Gasteiger partial charge in [-0.25, -0.2) is 0 Å². The molecule has 2 heterocycles. The van der Waals surface area contributed by atoms with Gasteiger partial charge in [0.15, 0.2) is 5.17 Å². The van der Waals surface area contributed by atoms with Crippen molar-refractivity contribution < 1.29 is 0 Å². The van der Waals surface area contributed by atoms with E-state index in [2.05, 4.69) is 29.3 Å². The molecule has 4 nitrogen and oxygen atoms in total. The molecule has 1 aromatic heterocycles.